The maximum atomic E-state index is 14.5. The number of benzene rings is 2. The van der Waals surface area contributed by atoms with E-state index in [1.807, 2.05) is 0 Å². The van der Waals surface area contributed by atoms with Gasteiger partial charge in [0.2, 0.25) is 0 Å². The summed E-state index contributed by atoms with van der Waals surface area (Å²) in [6.07, 6.45) is 6.20. The smallest absolute Gasteiger partial charge is 0.159 e. The molecular formula is C20H18F3NS. The number of rotatable bonds is 6. The summed E-state index contributed by atoms with van der Waals surface area (Å²) in [5.74, 6) is -2.28. The van der Waals surface area contributed by atoms with Crippen LogP contribution >= 0.6 is 11.3 Å². The Kier molecular flexibility index (Phi) is 5.53. The second kappa shape index (κ2) is 7.83. The van der Waals surface area contributed by atoms with Crippen molar-refractivity contribution < 1.29 is 13.2 Å². The number of nitrogens with zero attached hydrogens (tertiary/aromatic N) is 1. The van der Waals surface area contributed by atoms with Crippen LogP contribution in [0.5, 0.6) is 0 Å². The van der Waals surface area contributed by atoms with Crippen molar-refractivity contribution in [3.05, 3.63) is 64.9 Å². The fourth-order valence-electron chi connectivity index (χ4n) is 2.64. The van der Waals surface area contributed by atoms with E-state index in [9.17, 15) is 13.2 Å². The zero-order valence-corrected chi connectivity index (χ0v) is 14.7. The quantitative estimate of drug-likeness (QED) is 0.449. The van der Waals surface area contributed by atoms with Crippen LogP contribution in [0, 0.1) is 17.5 Å². The lowest BCUT2D eigenvalue weighted by Crippen LogP contribution is -1.88. The van der Waals surface area contributed by atoms with Gasteiger partial charge < -0.3 is 0 Å². The average Bonchev–Trinajstić information content (AvgIpc) is 3.06. The minimum Gasteiger partial charge on any atom is -0.244 e. The third-order valence-corrected chi connectivity index (χ3v) is 5.12. The first-order chi connectivity index (χ1) is 12.1. The van der Waals surface area contributed by atoms with Gasteiger partial charge in [-0.2, -0.15) is 0 Å². The number of aromatic nitrogens is 1. The molecular weight excluding hydrogens is 343 g/mol. The lowest BCUT2D eigenvalue weighted by molar-refractivity contribution is 0.509. The van der Waals surface area contributed by atoms with Crippen LogP contribution in [0.15, 0.2) is 42.6 Å². The minimum atomic E-state index is -0.946. The summed E-state index contributed by atoms with van der Waals surface area (Å²) in [7, 11) is 0. The molecule has 0 unspecified atom stereocenters. The molecule has 0 aliphatic heterocycles. The van der Waals surface area contributed by atoms with Gasteiger partial charge in [0.1, 0.15) is 10.8 Å². The van der Waals surface area contributed by atoms with Gasteiger partial charge in [-0.1, -0.05) is 31.9 Å². The number of aryl methyl sites for hydroxylation is 1. The lowest BCUT2D eigenvalue weighted by atomic mass is 10.0. The molecule has 0 radical (unpaired) electrons. The van der Waals surface area contributed by atoms with Crippen molar-refractivity contribution in [1.82, 2.24) is 4.98 Å². The molecule has 3 aromatic rings. The molecule has 0 spiro atoms. The van der Waals surface area contributed by atoms with E-state index in [1.165, 1.54) is 29.9 Å². The first-order valence-electron chi connectivity index (χ1n) is 8.28. The fourth-order valence-corrected chi connectivity index (χ4v) is 3.62. The van der Waals surface area contributed by atoms with Crippen LogP contribution in [-0.2, 0) is 6.42 Å². The standard InChI is InChI=1S/C20H18F3NS/c1-2-3-4-5-15-12-24-20(25-15)16-8-6-13(10-18(16)22)14-7-9-17(21)19(23)11-14/h6-12H,2-5H2,1H3. The molecule has 1 aromatic heterocycles. The largest absolute Gasteiger partial charge is 0.244 e. The predicted molar refractivity (Wildman–Crippen MR) is 96.1 cm³/mol. The summed E-state index contributed by atoms with van der Waals surface area (Å²) in [6, 6.07) is 8.21. The number of halogens is 3. The summed E-state index contributed by atoms with van der Waals surface area (Å²) in [5.41, 5.74) is 1.36. The van der Waals surface area contributed by atoms with Gasteiger partial charge in [0.25, 0.3) is 0 Å². The Bertz CT molecular complexity index is 873. The summed E-state index contributed by atoms with van der Waals surface area (Å²) in [5, 5.41) is 0.640. The molecule has 5 heteroatoms. The van der Waals surface area contributed by atoms with Crippen molar-refractivity contribution in [1.29, 1.82) is 0 Å². The van der Waals surface area contributed by atoms with Gasteiger partial charge in [-0.05, 0) is 48.2 Å². The Morgan fingerprint density at radius 3 is 2.28 bits per heavy atom. The van der Waals surface area contributed by atoms with Crippen molar-refractivity contribution in [3.63, 3.8) is 0 Å². The Morgan fingerprint density at radius 1 is 0.880 bits per heavy atom. The topological polar surface area (TPSA) is 12.9 Å². The van der Waals surface area contributed by atoms with Crippen molar-refractivity contribution in [2.24, 2.45) is 0 Å². The molecule has 3 rings (SSSR count). The molecule has 2 aromatic carbocycles. The van der Waals surface area contributed by atoms with Crippen molar-refractivity contribution in [3.8, 4) is 21.7 Å². The van der Waals surface area contributed by atoms with Gasteiger partial charge in [0.05, 0.1) is 0 Å². The van der Waals surface area contributed by atoms with Crippen LogP contribution in [0.1, 0.15) is 31.1 Å². The second-order valence-electron chi connectivity index (χ2n) is 5.91. The van der Waals surface area contributed by atoms with Gasteiger partial charge in [-0.3, -0.25) is 0 Å². The molecule has 25 heavy (non-hydrogen) atoms. The van der Waals surface area contributed by atoms with E-state index < -0.39 is 17.5 Å². The van der Waals surface area contributed by atoms with E-state index in [-0.39, 0.29) is 0 Å². The number of thiazole rings is 1. The lowest BCUT2D eigenvalue weighted by Gasteiger charge is -2.05. The van der Waals surface area contributed by atoms with E-state index in [4.69, 9.17) is 0 Å². The Balaban J connectivity index is 1.83. The van der Waals surface area contributed by atoms with Crippen LogP contribution < -0.4 is 0 Å². The van der Waals surface area contributed by atoms with Crippen molar-refractivity contribution in [2.75, 3.05) is 0 Å². The third-order valence-electron chi connectivity index (χ3n) is 4.03. The van der Waals surface area contributed by atoms with Crippen LogP contribution in [0.25, 0.3) is 21.7 Å². The molecule has 0 fully saturated rings. The average molecular weight is 361 g/mol. The summed E-state index contributed by atoms with van der Waals surface area (Å²) >= 11 is 1.50. The highest BCUT2D eigenvalue weighted by atomic mass is 32.1. The van der Waals surface area contributed by atoms with E-state index in [0.717, 1.165) is 36.3 Å². The molecule has 0 atom stereocenters. The fraction of sp³-hybridized carbons (Fsp3) is 0.250. The molecule has 0 saturated carbocycles. The SMILES string of the molecule is CCCCCc1cnc(-c2ccc(-c3ccc(F)c(F)c3)cc2F)s1. The molecule has 0 aliphatic rings. The first kappa shape index (κ1) is 17.7. The van der Waals surface area contributed by atoms with E-state index in [2.05, 4.69) is 11.9 Å². The monoisotopic (exact) mass is 361 g/mol. The predicted octanol–water partition coefficient (Wildman–Crippen LogP) is 6.63. The molecule has 0 amide bonds. The maximum absolute atomic E-state index is 14.5. The zero-order valence-electron chi connectivity index (χ0n) is 13.9. The van der Waals surface area contributed by atoms with Gasteiger partial charge in [-0.25, -0.2) is 18.2 Å². The summed E-state index contributed by atoms with van der Waals surface area (Å²) in [4.78, 5) is 5.47. The molecule has 130 valence electrons. The van der Waals surface area contributed by atoms with Gasteiger partial charge in [0.15, 0.2) is 11.6 Å². The number of hydrogen-bond donors (Lipinski definition) is 0. The minimum absolute atomic E-state index is 0.420. The van der Waals surface area contributed by atoms with Gasteiger partial charge >= 0.3 is 0 Å². The highest BCUT2D eigenvalue weighted by molar-refractivity contribution is 7.15. The molecule has 0 bridgehead atoms. The number of hydrogen-bond acceptors (Lipinski definition) is 2. The number of unbranched alkanes of at least 4 members (excludes halogenated alkanes) is 2. The van der Waals surface area contributed by atoms with Crippen LogP contribution in [-0.4, -0.2) is 4.98 Å². The Morgan fingerprint density at radius 2 is 1.60 bits per heavy atom. The van der Waals surface area contributed by atoms with Gasteiger partial charge in [-0.15, -0.1) is 11.3 Å². The van der Waals surface area contributed by atoms with Crippen LogP contribution in [0.2, 0.25) is 0 Å². The second-order valence-corrected chi connectivity index (χ2v) is 7.03. The van der Waals surface area contributed by atoms with E-state index in [1.54, 1.807) is 18.3 Å². The highest BCUT2D eigenvalue weighted by Crippen LogP contribution is 2.31. The summed E-state index contributed by atoms with van der Waals surface area (Å²) in [6.45, 7) is 2.15. The maximum Gasteiger partial charge on any atom is 0.159 e. The zero-order chi connectivity index (χ0) is 17.8. The molecule has 0 aliphatic carbocycles. The van der Waals surface area contributed by atoms with Crippen molar-refractivity contribution in [2.45, 2.75) is 32.6 Å². The first-order valence-corrected chi connectivity index (χ1v) is 9.10. The van der Waals surface area contributed by atoms with Crippen molar-refractivity contribution >= 4 is 11.3 Å². The third kappa shape index (κ3) is 4.10. The van der Waals surface area contributed by atoms with Crippen LogP contribution in [0.4, 0.5) is 13.2 Å². The normalized spacial score (nSPS) is 11.0. The molecule has 0 N–H and O–H groups in total. The molecule has 1 heterocycles. The van der Waals surface area contributed by atoms with E-state index >= 15 is 0 Å². The van der Waals surface area contributed by atoms with Crippen LogP contribution in [0.3, 0.4) is 0 Å². The molecule has 1 nitrogen and oxygen atoms in total. The Hall–Kier alpha value is -2.14. The Labute approximate surface area is 149 Å². The highest BCUT2D eigenvalue weighted by Gasteiger charge is 2.12. The molecule has 0 saturated heterocycles. The van der Waals surface area contributed by atoms with Gasteiger partial charge in [0, 0.05) is 16.6 Å². The summed E-state index contributed by atoms with van der Waals surface area (Å²) < 4.78 is 40.9. The van der Waals surface area contributed by atoms with E-state index in [0.29, 0.717) is 21.7 Å².